The van der Waals surface area contributed by atoms with Crippen molar-refractivity contribution in [3.05, 3.63) is 74.5 Å². The van der Waals surface area contributed by atoms with Crippen LogP contribution in [0.3, 0.4) is 0 Å². The van der Waals surface area contributed by atoms with Gasteiger partial charge in [-0.2, -0.15) is 5.10 Å². The third-order valence-electron chi connectivity index (χ3n) is 6.90. The molecule has 2 aliphatic heterocycles. The van der Waals surface area contributed by atoms with Gasteiger partial charge < -0.3 is 14.5 Å². The normalized spacial score (nSPS) is 15.9. The van der Waals surface area contributed by atoms with Gasteiger partial charge in [0.2, 0.25) is 0 Å². The van der Waals surface area contributed by atoms with Crippen molar-refractivity contribution in [3.8, 4) is 17.0 Å². The molecule has 0 saturated carbocycles. The number of aromatic nitrogens is 2. The fraction of sp³-hybridized carbons (Fsp3) is 0.407. The van der Waals surface area contributed by atoms with Crippen molar-refractivity contribution in [1.82, 2.24) is 14.7 Å². The Hall–Kier alpha value is -2.83. The Balaban J connectivity index is 1.49. The molecule has 7 heteroatoms. The molecule has 0 bridgehead atoms. The number of piperazine rings is 1. The molecule has 2 aromatic carbocycles. The quantitative estimate of drug-likeness (QED) is 0.531. The van der Waals surface area contributed by atoms with Crippen molar-refractivity contribution >= 4 is 17.3 Å². The van der Waals surface area contributed by atoms with Crippen LogP contribution in [-0.4, -0.2) is 54.5 Å². The largest absolute Gasteiger partial charge is 0.493 e. The minimum atomic E-state index is 0.00593. The van der Waals surface area contributed by atoms with Gasteiger partial charge in [-0.25, -0.2) is 4.68 Å². The molecule has 1 aromatic heterocycles. The number of hydrogen-bond acceptors (Lipinski definition) is 5. The lowest BCUT2D eigenvalue weighted by molar-refractivity contribution is 0.312. The number of rotatable bonds is 6. The molecular weight excluding hydrogens is 448 g/mol. The van der Waals surface area contributed by atoms with Crippen molar-refractivity contribution in [2.75, 3.05) is 44.7 Å². The molecule has 0 N–H and O–H groups in total. The SMILES string of the molecule is Cc1c(-c2ccc3c(c2)CCO3)nn(CCCc2ccc(Cl)cc2)c(=O)c1N1CCN(C)CC1. The van der Waals surface area contributed by atoms with Crippen LogP contribution in [0.25, 0.3) is 11.3 Å². The zero-order valence-corrected chi connectivity index (χ0v) is 20.6. The summed E-state index contributed by atoms with van der Waals surface area (Å²) in [7, 11) is 2.13. The first-order chi connectivity index (χ1) is 16.5. The van der Waals surface area contributed by atoms with Crippen LogP contribution in [0, 0.1) is 6.92 Å². The molecule has 0 radical (unpaired) electrons. The molecule has 2 aliphatic rings. The van der Waals surface area contributed by atoms with E-state index in [9.17, 15) is 4.79 Å². The van der Waals surface area contributed by atoms with Crippen LogP contribution in [0.1, 0.15) is 23.1 Å². The lowest BCUT2D eigenvalue weighted by atomic mass is 10.0. The number of ether oxygens (including phenoxy) is 1. The summed E-state index contributed by atoms with van der Waals surface area (Å²) < 4.78 is 7.37. The Labute approximate surface area is 205 Å². The first-order valence-electron chi connectivity index (χ1n) is 12.1. The number of anilines is 1. The molecule has 34 heavy (non-hydrogen) atoms. The number of hydrogen-bond donors (Lipinski definition) is 0. The Morgan fingerprint density at radius 1 is 1.06 bits per heavy atom. The molecule has 1 saturated heterocycles. The second-order valence-electron chi connectivity index (χ2n) is 9.29. The molecule has 0 atom stereocenters. The second-order valence-corrected chi connectivity index (χ2v) is 9.73. The predicted molar refractivity (Wildman–Crippen MR) is 137 cm³/mol. The summed E-state index contributed by atoms with van der Waals surface area (Å²) in [6, 6.07) is 14.2. The summed E-state index contributed by atoms with van der Waals surface area (Å²) in [5, 5.41) is 5.63. The van der Waals surface area contributed by atoms with Gasteiger partial charge in [-0.15, -0.1) is 0 Å². The van der Waals surface area contributed by atoms with Crippen LogP contribution >= 0.6 is 11.6 Å². The third kappa shape index (κ3) is 4.70. The van der Waals surface area contributed by atoms with Crippen molar-refractivity contribution in [2.24, 2.45) is 0 Å². The van der Waals surface area contributed by atoms with Gasteiger partial charge in [-0.05, 0) is 68.3 Å². The summed E-state index contributed by atoms with van der Waals surface area (Å²) in [5.41, 5.74) is 6.11. The number of benzene rings is 2. The predicted octanol–water partition coefficient (Wildman–Crippen LogP) is 4.19. The molecule has 0 amide bonds. The highest BCUT2D eigenvalue weighted by Crippen LogP contribution is 2.33. The van der Waals surface area contributed by atoms with E-state index in [2.05, 4.69) is 29.0 Å². The Kier molecular flexibility index (Phi) is 6.61. The van der Waals surface area contributed by atoms with E-state index < -0.39 is 0 Å². The van der Waals surface area contributed by atoms with E-state index in [4.69, 9.17) is 21.4 Å². The van der Waals surface area contributed by atoms with Crippen LogP contribution in [0.4, 0.5) is 5.69 Å². The minimum Gasteiger partial charge on any atom is -0.493 e. The Morgan fingerprint density at radius 3 is 2.59 bits per heavy atom. The molecule has 6 nitrogen and oxygen atoms in total. The van der Waals surface area contributed by atoms with Crippen LogP contribution < -0.4 is 15.2 Å². The summed E-state index contributed by atoms with van der Waals surface area (Å²) >= 11 is 6.02. The molecular formula is C27H31ClN4O2. The van der Waals surface area contributed by atoms with E-state index in [1.54, 1.807) is 4.68 Å². The zero-order valence-electron chi connectivity index (χ0n) is 19.9. The molecule has 0 unspecified atom stereocenters. The van der Waals surface area contributed by atoms with Gasteiger partial charge in [0.05, 0.1) is 12.3 Å². The Bertz CT molecular complexity index is 1230. The molecule has 0 spiro atoms. The topological polar surface area (TPSA) is 50.6 Å². The first-order valence-corrected chi connectivity index (χ1v) is 12.4. The van der Waals surface area contributed by atoms with Crippen molar-refractivity contribution < 1.29 is 4.74 Å². The molecule has 3 heterocycles. The monoisotopic (exact) mass is 478 g/mol. The standard InChI is InChI=1S/C27H31ClN4O2/c1-19-25(22-7-10-24-21(18-22)11-17-34-24)29-32(12-3-4-20-5-8-23(28)9-6-20)27(33)26(19)31-15-13-30(2)14-16-31/h5-10,18H,3-4,11-17H2,1-2H3. The van der Waals surface area contributed by atoms with Crippen molar-refractivity contribution in [1.29, 1.82) is 0 Å². The summed E-state index contributed by atoms with van der Waals surface area (Å²) in [4.78, 5) is 18.2. The van der Waals surface area contributed by atoms with E-state index >= 15 is 0 Å². The zero-order chi connectivity index (χ0) is 23.7. The van der Waals surface area contributed by atoms with Gasteiger partial charge in [-0.1, -0.05) is 23.7 Å². The van der Waals surface area contributed by atoms with Gasteiger partial charge in [0, 0.05) is 55.3 Å². The maximum atomic E-state index is 13.6. The lowest BCUT2D eigenvalue weighted by Crippen LogP contribution is -2.47. The number of nitrogens with zero attached hydrogens (tertiary/aromatic N) is 4. The average molecular weight is 479 g/mol. The van der Waals surface area contributed by atoms with E-state index in [-0.39, 0.29) is 5.56 Å². The highest BCUT2D eigenvalue weighted by Gasteiger charge is 2.24. The maximum Gasteiger partial charge on any atom is 0.290 e. The molecule has 0 aliphatic carbocycles. The average Bonchev–Trinajstić information content (AvgIpc) is 3.31. The van der Waals surface area contributed by atoms with Gasteiger partial charge >= 0.3 is 0 Å². The van der Waals surface area contributed by atoms with Crippen molar-refractivity contribution in [2.45, 2.75) is 32.7 Å². The molecule has 178 valence electrons. The molecule has 3 aromatic rings. The number of likely N-dealkylation sites (N-methyl/N-ethyl adjacent to an activating group) is 1. The van der Waals surface area contributed by atoms with Crippen LogP contribution in [-0.2, 0) is 19.4 Å². The summed E-state index contributed by atoms with van der Waals surface area (Å²) in [5.74, 6) is 0.956. The maximum absolute atomic E-state index is 13.6. The highest BCUT2D eigenvalue weighted by atomic mass is 35.5. The minimum absolute atomic E-state index is 0.00593. The van der Waals surface area contributed by atoms with Gasteiger partial charge in [-0.3, -0.25) is 4.79 Å². The number of fused-ring (bicyclic) bond motifs is 1. The summed E-state index contributed by atoms with van der Waals surface area (Å²) in [6.45, 7) is 6.93. The van der Waals surface area contributed by atoms with Crippen LogP contribution in [0.5, 0.6) is 5.75 Å². The third-order valence-corrected chi connectivity index (χ3v) is 7.15. The second kappa shape index (κ2) is 9.80. The Morgan fingerprint density at radius 2 is 1.82 bits per heavy atom. The fourth-order valence-corrected chi connectivity index (χ4v) is 5.01. The first kappa shape index (κ1) is 22.9. The van der Waals surface area contributed by atoms with Gasteiger partial charge in [0.1, 0.15) is 11.4 Å². The van der Waals surface area contributed by atoms with E-state index in [1.165, 1.54) is 11.1 Å². The van der Waals surface area contributed by atoms with Crippen molar-refractivity contribution in [3.63, 3.8) is 0 Å². The van der Waals surface area contributed by atoms with Crippen LogP contribution in [0.15, 0.2) is 47.3 Å². The van der Waals surface area contributed by atoms with Crippen LogP contribution in [0.2, 0.25) is 5.02 Å². The fourth-order valence-electron chi connectivity index (χ4n) is 4.88. The van der Waals surface area contributed by atoms with E-state index in [0.717, 1.165) is 85.3 Å². The number of halogens is 1. The molecule has 5 rings (SSSR count). The highest BCUT2D eigenvalue weighted by molar-refractivity contribution is 6.30. The van der Waals surface area contributed by atoms with Gasteiger partial charge in [0.25, 0.3) is 5.56 Å². The lowest BCUT2D eigenvalue weighted by Gasteiger charge is -2.34. The number of aryl methyl sites for hydroxylation is 2. The van der Waals surface area contributed by atoms with E-state index in [0.29, 0.717) is 6.54 Å². The summed E-state index contributed by atoms with van der Waals surface area (Å²) in [6.07, 6.45) is 2.61. The van der Waals surface area contributed by atoms with E-state index in [1.807, 2.05) is 37.3 Å². The smallest absolute Gasteiger partial charge is 0.290 e. The molecule has 1 fully saturated rings. The van der Waals surface area contributed by atoms with Gasteiger partial charge in [0.15, 0.2) is 0 Å².